The number of methoxy groups -OCH3 is 1. The van der Waals surface area contributed by atoms with Gasteiger partial charge in [0.25, 0.3) is 0 Å². The number of nitrogens with two attached hydrogens (primary N) is 1. The van der Waals surface area contributed by atoms with E-state index in [1.165, 1.54) is 7.11 Å². The minimum absolute atomic E-state index is 0.0757. The predicted octanol–water partition coefficient (Wildman–Crippen LogP) is 1.47. The maximum absolute atomic E-state index is 11.6. The van der Waals surface area contributed by atoms with E-state index in [0.717, 1.165) is 0 Å². The van der Waals surface area contributed by atoms with E-state index in [-0.39, 0.29) is 11.1 Å². The van der Waals surface area contributed by atoms with Gasteiger partial charge in [-0.25, -0.2) is 9.78 Å². The number of halogens is 1. The van der Waals surface area contributed by atoms with Gasteiger partial charge in [-0.2, -0.15) is 4.98 Å². The topological polar surface area (TPSA) is 83.0 Å². The molecule has 0 aliphatic carbocycles. The molecule has 0 aliphatic heterocycles. The molecule has 2 aromatic heterocycles. The van der Waals surface area contributed by atoms with Crippen molar-refractivity contribution in [1.29, 1.82) is 0 Å². The van der Waals surface area contributed by atoms with Gasteiger partial charge in [0.2, 0.25) is 5.95 Å². The number of nitrogens with zero attached hydrogens (tertiary/aromatic N) is 3. The van der Waals surface area contributed by atoms with Gasteiger partial charge in [0.15, 0.2) is 0 Å². The molecule has 0 aliphatic rings. The van der Waals surface area contributed by atoms with Gasteiger partial charge in [-0.3, -0.25) is 0 Å². The quantitative estimate of drug-likeness (QED) is 0.648. The Morgan fingerprint density at radius 3 is 2.88 bits per heavy atom. The SMILES string of the molecule is CCn1cc(C(=O)OC)c2c(Cl)nc(N)nc21. The first-order valence-corrected chi connectivity index (χ1v) is 5.36. The van der Waals surface area contributed by atoms with E-state index < -0.39 is 5.97 Å². The summed E-state index contributed by atoms with van der Waals surface area (Å²) >= 11 is 5.99. The zero-order chi connectivity index (χ0) is 12.6. The molecule has 0 saturated heterocycles. The molecule has 17 heavy (non-hydrogen) atoms. The highest BCUT2D eigenvalue weighted by molar-refractivity contribution is 6.35. The van der Waals surface area contributed by atoms with Crippen LogP contribution in [0.4, 0.5) is 5.95 Å². The highest BCUT2D eigenvalue weighted by atomic mass is 35.5. The van der Waals surface area contributed by atoms with Crippen molar-refractivity contribution in [1.82, 2.24) is 14.5 Å². The Bertz CT molecular complexity index is 593. The molecule has 0 atom stereocenters. The van der Waals surface area contributed by atoms with Crippen LogP contribution in [0, 0.1) is 0 Å². The van der Waals surface area contributed by atoms with E-state index in [1.54, 1.807) is 10.8 Å². The highest BCUT2D eigenvalue weighted by Gasteiger charge is 2.20. The Hall–Kier alpha value is -1.82. The molecule has 0 saturated carbocycles. The van der Waals surface area contributed by atoms with E-state index in [1.807, 2.05) is 6.92 Å². The van der Waals surface area contributed by atoms with Crippen molar-refractivity contribution in [3.05, 3.63) is 16.9 Å². The van der Waals surface area contributed by atoms with Crippen molar-refractivity contribution in [2.24, 2.45) is 0 Å². The Kier molecular flexibility index (Phi) is 2.89. The number of hydrogen-bond acceptors (Lipinski definition) is 5. The van der Waals surface area contributed by atoms with Crippen LogP contribution in [-0.4, -0.2) is 27.6 Å². The van der Waals surface area contributed by atoms with Crippen LogP contribution in [0.15, 0.2) is 6.20 Å². The number of fused-ring (bicyclic) bond motifs is 1. The Labute approximate surface area is 102 Å². The number of nitrogen functional groups attached to an aromatic ring is 1. The molecular weight excluding hydrogens is 244 g/mol. The van der Waals surface area contributed by atoms with Gasteiger partial charge in [0.1, 0.15) is 10.8 Å². The number of esters is 1. The number of aromatic nitrogens is 3. The van der Waals surface area contributed by atoms with E-state index in [0.29, 0.717) is 23.1 Å². The van der Waals surface area contributed by atoms with Crippen LogP contribution in [0.5, 0.6) is 0 Å². The summed E-state index contributed by atoms with van der Waals surface area (Å²) in [7, 11) is 1.31. The number of anilines is 1. The standard InChI is InChI=1S/C10H11ClN4O2/c1-3-15-4-5(9(16)17-2)6-7(11)13-10(12)14-8(6)15/h4H,3H2,1-2H3,(H2,12,13,14). The first kappa shape index (κ1) is 11.7. The summed E-state index contributed by atoms with van der Waals surface area (Å²) in [4.78, 5) is 19.5. The second kappa shape index (κ2) is 4.21. The summed E-state index contributed by atoms with van der Waals surface area (Å²) in [6.07, 6.45) is 1.64. The fourth-order valence-electron chi connectivity index (χ4n) is 1.66. The van der Waals surface area contributed by atoms with Gasteiger partial charge in [-0.15, -0.1) is 0 Å². The molecule has 0 aromatic carbocycles. The first-order valence-electron chi connectivity index (χ1n) is 4.98. The number of ether oxygens (including phenoxy) is 1. The average molecular weight is 255 g/mol. The molecule has 2 rings (SSSR count). The number of aryl methyl sites for hydroxylation is 1. The summed E-state index contributed by atoms with van der Waals surface area (Å²) < 4.78 is 6.46. The fraction of sp³-hybridized carbons (Fsp3) is 0.300. The summed E-state index contributed by atoms with van der Waals surface area (Å²) in [6.45, 7) is 2.56. The van der Waals surface area contributed by atoms with Crippen LogP contribution in [0.1, 0.15) is 17.3 Å². The molecule has 2 N–H and O–H groups in total. The van der Waals surface area contributed by atoms with E-state index in [9.17, 15) is 4.79 Å². The van der Waals surface area contributed by atoms with Crippen molar-refractivity contribution in [2.75, 3.05) is 12.8 Å². The summed E-state index contributed by atoms with van der Waals surface area (Å²) in [5.74, 6) is -0.399. The van der Waals surface area contributed by atoms with Crippen LogP contribution in [-0.2, 0) is 11.3 Å². The Balaban J connectivity index is 2.83. The van der Waals surface area contributed by atoms with Crippen LogP contribution >= 0.6 is 11.6 Å². The van der Waals surface area contributed by atoms with E-state index in [4.69, 9.17) is 17.3 Å². The molecule has 0 bridgehead atoms. The molecule has 0 amide bonds. The van der Waals surface area contributed by atoms with Crippen LogP contribution in [0.3, 0.4) is 0 Å². The summed E-state index contributed by atoms with van der Waals surface area (Å²) in [5, 5.41) is 0.620. The molecule has 0 fully saturated rings. The van der Waals surface area contributed by atoms with Gasteiger partial charge in [-0.05, 0) is 6.92 Å². The van der Waals surface area contributed by atoms with Crippen molar-refractivity contribution in [3.8, 4) is 0 Å². The van der Waals surface area contributed by atoms with Crippen LogP contribution in [0.2, 0.25) is 5.15 Å². The molecular formula is C10H11ClN4O2. The predicted molar refractivity (Wildman–Crippen MR) is 64.0 cm³/mol. The third kappa shape index (κ3) is 1.80. The lowest BCUT2D eigenvalue weighted by Gasteiger charge is -2.01. The number of carbonyl (C=O) groups is 1. The van der Waals surface area contributed by atoms with Crippen LogP contribution < -0.4 is 5.73 Å². The second-order valence-electron chi connectivity index (χ2n) is 3.39. The monoisotopic (exact) mass is 254 g/mol. The molecule has 0 spiro atoms. The zero-order valence-electron chi connectivity index (χ0n) is 9.40. The van der Waals surface area contributed by atoms with Gasteiger partial charge in [0.05, 0.1) is 18.1 Å². The first-order chi connectivity index (χ1) is 8.08. The number of hydrogen-bond donors (Lipinski definition) is 1. The third-order valence-corrected chi connectivity index (χ3v) is 2.71. The van der Waals surface area contributed by atoms with Crippen LogP contribution in [0.25, 0.3) is 11.0 Å². The second-order valence-corrected chi connectivity index (χ2v) is 3.75. The molecule has 2 aromatic rings. The van der Waals surface area contributed by atoms with Gasteiger partial charge >= 0.3 is 5.97 Å². The fourth-order valence-corrected chi connectivity index (χ4v) is 1.94. The Morgan fingerprint density at radius 2 is 2.29 bits per heavy atom. The van der Waals surface area contributed by atoms with Gasteiger partial charge in [-0.1, -0.05) is 11.6 Å². The molecule has 90 valence electrons. The number of rotatable bonds is 2. The van der Waals surface area contributed by atoms with Gasteiger partial charge in [0, 0.05) is 12.7 Å². The van der Waals surface area contributed by atoms with Gasteiger partial charge < -0.3 is 15.0 Å². The molecule has 0 unspecified atom stereocenters. The van der Waals surface area contributed by atoms with Crippen molar-refractivity contribution in [3.63, 3.8) is 0 Å². The number of carbonyl (C=O) groups excluding carboxylic acids is 1. The molecule has 0 radical (unpaired) electrons. The maximum Gasteiger partial charge on any atom is 0.340 e. The molecule has 2 heterocycles. The van der Waals surface area contributed by atoms with E-state index >= 15 is 0 Å². The summed E-state index contributed by atoms with van der Waals surface area (Å²) in [6, 6.07) is 0. The minimum Gasteiger partial charge on any atom is -0.465 e. The smallest absolute Gasteiger partial charge is 0.340 e. The third-order valence-electron chi connectivity index (χ3n) is 2.44. The van der Waals surface area contributed by atoms with Crippen molar-refractivity contribution < 1.29 is 9.53 Å². The average Bonchev–Trinajstić information content (AvgIpc) is 2.66. The zero-order valence-corrected chi connectivity index (χ0v) is 10.2. The lowest BCUT2D eigenvalue weighted by atomic mass is 10.2. The minimum atomic E-state index is -0.475. The molecule has 6 nitrogen and oxygen atoms in total. The largest absolute Gasteiger partial charge is 0.465 e. The van der Waals surface area contributed by atoms with Crippen molar-refractivity contribution >= 4 is 34.6 Å². The maximum atomic E-state index is 11.6. The van der Waals surface area contributed by atoms with Crippen molar-refractivity contribution in [2.45, 2.75) is 13.5 Å². The highest BCUT2D eigenvalue weighted by Crippen LogP contribution is 2.27. The Morgan fingerprint density at radius 1 is 1.59 bits per heavy atom. The lowest BCUT2D eigenvalue weighted by Crippen LogP contribution is -2.01. The lowest BCUT2D eigenvalue weighted by molar-refractivity contribution is 0.0602. The summed E-state index contributed by atoms with van der Waals surface area (Å²) in [5.41, 5.74) is 6.40. The molecule has 7 heteroatoms. The normalized spacial score (nSPS) is 10.8. The van der Waals surface area contributed by atoms with E-state index in [2.05, 4.69) is 14.7 Å².